The number of ketones is 1. The van der Waals surface area contributed by atoms with Crippen molar-refractivity contribution in [3.63, 3.8) is 0 Å². The van der Waals surface area contributed by atoms with E-state index in [4.69, 9.17) is 4.74 Å². The summed E-state index contributed by atoms with van der Waals surface area (Å²) in [5.41, 5.74) is 0.409. The highest BCUT2D eigenvalue weighted by Crippen LogP contribution is 2.28. The van der Waals surface area contributed by atoms with E-state index in [9.17, 15) is 15.0 Å². The number of phenolic OH excluding ortho intramolecular Hbond substituents is 1. The third-order valence-electron chi connectivity index (χ3n) is 1.90. The molecule has 0 fully saturated rings. The van der Waals surface area contributed by atoms with Gasteiger partial charge in [0.1, 0.15) is 6.10 Å². The molecule has 2 N–H and O–H groups in total. The van der Waals surface area contributed by atoms with Crippen molar-refractivity contribution >= 4 is 5.78 Å². The maximum absolute atomic E-state index is 10.9. The van der Waals surface area contributed by atoms with E-state index < -0.39 is 6.10 Å². The number of methoxy groups -OCH3 is 1. The Bertz CT molecular complexity index is 346. The fourth-order valence-corrected chi connectivity index (χ4v) is 1.10. The van der Waals surface area contributed by atoms with Crippen molar-refractivity contribution in [3.05, 3.63) is 23.8 Å². The predicted molar refractivity (Wildman–Crippen MR) is 50.3 cm³/mol. The van der Waals surface area contributed by atoms with Crippen LogP contribution in [-0.4, -0.2) is 23.1 Å². The third kappa shape index (κ3) is 2.03. The summed E-state index contributed by atoms with van der Waals surface area (Å²) < 4.78 is 4.84. The van der Waals surface area contributed by atoms with Crippen LogP contribution in [0.15, 0.2) is 18.2 Å². The Kier molecular flexibility index (Phi) is 3.09. The van der Waals surface area contributed by atoms with E-state index in [-0.39, 0.29) is 17.3 Å². The van der Waals surface area contributed by atoms with Crippen molar-refractivity contribution < 1.29 is 19.7 Å². The Hall–Kier alpha value is -1.55. The van der Waals surface area contributed by atoms with Gasteiger partial charge in [-0.05, 0) is 24.6 Å². The summed E-state index contributed by atoms with van der Waals surface area (Å²) in [5.74, 6) is -0.132. The van der Waals surface area contributed by atoms with E-state index in [0.717, 1.165) is 0 Å². The molecule has 0 aliphatic rings. The molecule has 0 saturated carbocycles. The van der Waals surface area contributed by atoms with Crippen LogP contribution in [0.4, 0.5) is 0 Å². The molecule has 0 saturated heterocycles. The molecule has 1 rings (SSSR count). The zero-order valence-corrected chi connectivity index (χ0v) is 8.02. The van der Waals surface area contributed by atoms with Crippen LogP contribution in [0.25, 0.3) is 0 Å². The van der Waals surface area contributed by atoms with Crippen LogP contribution in [0, 0.1) is 0 Å². The van der Waals surface area contributed by atoms with Gasteiger partial charge in [-0.15, -0.1) is 0 Å². The quantitative estimate of drug-likeness (QED) is 0.757. The number of carbonyl (C=O) groups is 1. The highest BCUT2D eigenvalue weighted by Gasteiger charge is 2.14. The molecule has 0 aliphatic heterocycles. The minimum absolute atomic E-state index is 0.0213. The molecule has 0 radical (unpaired) electrons. The fourth-order valence-electron chi connectivity index (χ4n) is 1.10. The zero-order chi connectivity index (χ0) is 10.7. The van der Waals surface area contributed by atoms with Crippen LogP contribution >= 0.6 is 0 Å². The Labute approximate surface area is 81.8 Å². The second-order valence-corrected chi connectivity index (χ2v) is 2.94. The lowest BCUT2D eigenvalue weighted by molar-refractivity contribution is -0.125. The summed E-state index contributed by atoms with van der Waals surface area (Å²) >= 11 is 0. The number of benzene rings is 1. The molecule has 0 heterocycles. The summed E-state index contributed by atoms with van der Waals surface area (Å²) in [7, 11) is 1.40. The Balaban J connectivity index is 3.06. The lowest BCUT2D eigenvalue weighted by Gasteiger charge is -2.09. The molecule has 0 bridgehead atoms. The molecule has 1 atom stereocenters. The van der Waals surface area contributed by atoms with Gasteiger partial charge in [0, 0.05) is 0 Å². The summed E-state index contributed by atoms with van der Waals surface area (Å²) in [5, 5.41) is 18.7. The normalized spacial score (nSPS) is 12.2. The average molecular weight is 196 g/mol. The summed E-state index contributed by atoms with van der Waals surface area (Å²) in [6, 6.07) is 4.28. The Morgan fingerprint density at radius 2 is 2.14 bits per heavy atom. The molecule has 0 aromatic heterocycles. The number of hydrogen-bond acceptors (Lipinski definition) is 4. The average Bonchev–Trinajstić information content (AvgIpc) is 2.17. The van der Waals surface area contributed by atoms with Gasteiger partial charge in [0.25, 0.3) is 0 Å². The second-order valence-electron chi connectivity index (χ2n) is 2.94. The first-order valence-corrected chi connectivity index (χ1v) is 4.11. The third-order valence-corrected chi connectivity index (χ3v) is 1.90. The lowest BCUT2D eigenvalue weighted by Crippen LogP contribution is -2.07. The summed E-state index contributed by atoms with van der Waals surface area (Å²) in [6.07, 6.45) is -1.16. The number of aliphatic hydroxyl groups is 1. The van der Waals surface area contributed by atoms with Crippen molar-refractivity contribution in [3.8, 4) is 11.5 Å². The Morgan fingerprint density at radius 1 is 1.50 bits per heavy atom. The van der Waals surface area contributed by atoms with Gasteiger partial charge < -0.3 is 14.9 Å². The maximum atomic E-state index is 10.9. The molecule has 14 heavy (non-hydrogen) atoms. The SMILES string of the molecule is COc1cc(C(O)C(C)=O)ccc1O. The van der Waals surface area contributed by atoms with E-state index in [0.29, 0.717) is 5.56 Å². The van der Waals surface area contributed by atoms with E-state index in [1.807, 2.05) is 0 Å². The number of aromatic hydroxyl groups is 1. The van der Waals surface area contributed by atoms with E-state index in [1.54, 1.807) is 0 Å². The Morgan fingerprint density at radius 3 is 2.64 bits per heavy atom. The van der Waals surface area contributed by atoms with Gasteiger partial charge in [-0.25, -0.2) is 0 Å². The largest absolute Gasteiger partial charge is 0.504 e. The number of rotatable bonds is 3. The van der Waals surface area contributed by atoms with Crippen molar-refractivity contribution in [2.45, 2.75) is 13.0 Å². The molecule has 1 aromatic rings. The minimum atomic E-state index is -1.16. The molecular formula is C10H12O4. The summed E-state index contributed by atoms with van der Waals surface area (Å²) in [6.45, 7) is 1.30. The van der Waals surface area contributed by atoms with Gasteiger partial charge in [0.05, 0.1) is 7.11 Å². The zero-order valence-electron chi connectivity index (χ0n) is 8.02. The number of aliphatic hydroxyl groups excluding tert-OH is 1. The van der Waals surface area contributed by atoms with Gasteiger partial charge in [-0.1, -0.05) is 6.07 Å². The standard InChI is InChI=1S/C10H12O4/c1-6(11)10(13)7-3-4-8(12)9(5-7)14-2/h3-5,10,12-13H,1-2H3. The smallest absolute Gasteiger partial charge is 0.162 e. The number of Topliss-reactive ketones (excluding diaryl/α,β-unsaturated/α-hetero) is 1. The predicted octanol–water partition coefficient (Wildman–Crippen LogP) is 1.02. The molecule has 4 heteroatoms. The number of carbonyl (C=O) groups excluding carboxylic acids is 1. The molecule has 76 valence electrons. The highest BCUT2D eigenvalue weighted by molar-refractivity contribution is 5.81. The van der Waals surface area contributed by atoms with Gasteiger partial charge in [0.15, 0.2) is 17.3 Å². The van der Waals surface area contributed by atoms with Gasteiger partial charge >= 0.3 is 0 Å². The van der Waals surface area contributed by atoms with Gasteiger partial charge in [-0.2, -0.15) is 0 Å². The molecule has 1 aromatic carbocycles. The molecule has 1 unspecified atom stereocenters. The number of phenols is 1. The molecule has 0 amide bonds. The molecule has 0 spiro atoms. The van der Waals surface area contributed by atoms with Crippen molar-refractivity contribution in [1.82, 2.24) is 0 Å². The van der Waals surface area contributed by atoms with Crippen molar-refractivity contribution in [2.75, 3.05) is 7.11 Å². The van der Waals surface area contributed by atoms with Gasteiger partial charge in [0.2, 0.25) is 0 Å². The second kappa shape index (κ2) is 4.11. The first kappa shape index (κ1) is 10.5. The van der Waals surface area contributed by atoms with Crippen LogP contribution in [0.1, 0.15) is 18.6 Å². The minimum Gasteiger partial charge on any atom is -0.504 e. The first-order chi connectivity index (χ1) is 6.56. The molecule has 4 nitrogen and oxygen atoms in total. The van der Waals surface area contributed by atoms with Crippen molar-refractivity contribution in [1.29, 1.82) is 0 Å². The summed E-state index contributed by atoms with van der Waals surface area (Å²) in [4.78, 5) is 10.9. The number of ether oxygens (including phenoxy) is 1. The van der Waals surface area contributed by atoms with Crippen LogP contribution in [0.5, 0.6) is 11.5 Å². The van der Waals surface area contributed by atoms with E-state index in [1.165, 1.54) is 32.2 Å². The fraction of sp³-hybridized carbons (Fsp3) is 0.300. The van der Waals surface area contributed by atoms with Crippen LogP contribution < -0.4 is 4.74 Å². The maximum Gasteiger partial charge on any atom is 0.162 e. The number of hydrogen-bond donors (Lipinski definition) is 2. The lowest BCUT2D eigenvalue weighted by atomic mass is 10.1. The van der Waals surface area contributed by atoms with Crippen molar-refractivity contribution in [2.24, 2.45) is 0 Å². The van der Waals surface area contributed by atoms with E-state index >= 15 is 0 Å². The first-order valence-electron chi connectivity index (χ1n) is 4.11. The van der Waals surface area contributed by atoms with Crippen LogP contribution in [0.3, 0.4) is 0 Å². The van der Waals surface area contributed by atoms with Crippen LogP contribution in [0.2, 0.25) is 0 Å². The van der Waals surface area contributed by atoms with E-state index in [2.05, 4.69) is 0 Å². The molecular weight excluding hydrogens is 184 g/mol. The monoisotopic (exact) mass is 196 g/mol. The highest BCUT2D eigenvalue weighted by atomic mass is 16.5. The topological polar surface area (TPSA) is 66.8 Å². The van der Waals surface area contributed by atoms with Crippen LogP contribution in [-0.2, 0) is 4.79 Å². The van der Waals surface area contributed by atoms with Gasteiger partial charge in [-0.3, -0.25) is 4.79 Å². The molecule has 0 aliphatic carbocycles.